The number of amides is 3. The molecular weight excluding hydrogens is 340 g/mol. The first kappa shape index (κ1) is 22.1. The van der Waals surface area contributed by atoms with E-state index in [1.807, 2.05) is 0 Å². The van der Waals surface area contributed by atoms with E-state index >= 15 is 0 Å². The van der Waals surface area contributed by atoms with Gasteiger partial charge in [0.15, 0.2) is 0 Å². The number of carbonyl (C=O) groups excluding carboxylic acids is 3. The van der Waals surface area contributed by atoms with E-state index in [-0.39, 0.29) is 6.42 Å². The maximum atomic E-state index is 12.0. The van der Waals surface area contributed by atoms with Gasteiger partial charge in [-0.05, 0) is 25.4 Å². The van der Waals surface area contributed by atoms with Crippen LogP contribution in [0.25, 0.3) is 0 Å². The molecule has 0 aliphatic rings. The Bertz CT molecular complexity index is 460. The van der Waals surface area contributed by atoms with E-state index in [9.17, 15) is 24.3 Å². The van der Waals surface area contributed by atoms with Crippen LogP contribution < -0.4 is 21.7 Å². The van der Waals surface area contributed by atoms with E-state index < -0.39 is 55.0 Å². The molecule has 0 aliphatic heterocycles. The molecule has 24 heavy (non-hydrogen) atoms. The highest BCUT2D eigenvalue weighted by atomic mass is 32.2. The zero-order valence-corrected chi connectivity index (χ0v) is 14.4. The highest BCUT2D eigenvalue weighted by Crippen LogP contribution is 2.01. The molecule has 3 atom stereocenters. The van der Waals surface area contributed by atoms with Gasteiger partial charge in [0, 0.05) is 0 Å². The van der Waals surface area contributed by atoms with E-state index in [2.05, 4.69) is 16.0 Å². The lowest BCUT2D eigenvalue weighted by Gasteiger charge is -2.20. The fraction of sp³-hybridized carbons (Fsp3) is 0.692. The van der Waals surface area contributed by atoms with Gasteiger partial charge in [0.05, 0.1) is 19.2 Å². The Morgan fingerprint density at radius 1 is 1.12 bits per heavy atom. The van der Waals surface area contributed by atoms with Crippen LogP contribution in [0.2, 0.25) is 0 Å². The number of carboxylic acid groups (broad SMARTS) is 1. The number of carboxylic acids is 1. The van der Waals surface area contributed by atoms with Crippen LogP contribution in [0, 0.1) is 0 Å². The van der Waals surface area contributed by atoms with E-state index in [1.165, 1.54) is 18.7 Å². The summed E-state index contributed by atoms with van der Waals surface area (Å²) in [7, 11) is 0. The third kappa shape index (κ3) is 8.70. The molecule has 0 fully saturated rings. The van der Waals surface area contributed by atoms with Gasteiger partial charge in [-0.3, -0.25) is 14.4 Å². The van der Waals surface area contributed by atoms with Crippen molar-refractivity contribution in [3.63, 3.8) is 0 Å². The largest absolute Gasteiger partial charge is 0.480 e. The maximum absolute atomic E-state index is 12.0. The summed E-state index contributed by atoms with van der Waals surface area (Å²) in [4.78, 5) is 46.0. The molecule has 11 heteroatoms. The van der Waals surface area contributed by atoms with Crippen molar-refractivity contribution < 1.29 is 29.4 Å². The molecular formula is C13H24N4O6S. The van der Waals surface area contributed by atoms with Crippen LogP contribution in [0.1, 0.15) is 13.3 Å². The normalized spacial score (nSPS) is 14.2. The first-order valence-electron chi connectivity index (χ1n) is 7.18. The molecule has 0 bridgehead atoms. The molecule has 3 unspecified atom stereocenters. The summed E-state index contributed by atoms with van der Waals surface area (Å²) in [5, 5.41) is 25.0. The topological polar surface area (TPSA) is 171 Å². The third-order valence-electron chi connectivity index (χ3n) is 2.90. The number of nitrogens with one attached hydrogen (secondary N) is 3. The average Bonchev–Trinajstić information content (AvgIpc) is 2.53. The Hall–Kier alpha value is -1.85. The molecule has 138 valence electrons. The molecule has 0 rings (SSSR count). The number of carbonyl (C=O) groups is 4. The van der Waals surface area contributed by atoms with Gasteiger partial charge in [-0.1, -0.05) is 0 Å². The Morgan fingerprint density at radius 2 is 1.75 bits per heavy atom. The van der Waals surface area contributed by atoms with Crippen LogP contribution in [-0.2, 0) is 19.2 Å². The van der Waals surface area contributed by atoms with Crippen LogP contribution >= 0.6 is 11.8 Å². The zero-order valence-electron chi connectivity index (χ0n) is 13.6. The second-order valence-corrected chi connectivity index (χ2v) is 5.98. The van der Waals surface area contributed by atoms with Crippen molar-refractivity contribution in [1.82, 2.24) is 16.0 Å². The van der Waals surface area contributed by atoms with Gasteiger partial charge >= 0.3 is 5.97 Å². The molecule has 0 aromatic rings. The minimum Gasteiger partial charge on any atom is -0.480 e. The molecule has 7 N–H and O–H groups in total. The van der Waals surface area contributed by atoms with Crippen LogP contribution in [0.15, 0.2) is 0 Å². The summed E-state index contributed by atoms with van der Waals surface area (Å²) in [5.74, 6) is -2.76. The van der Waals surface area contributed by atoms with Gasteiger partial charge < -0.3 is 31.9 Å². The fourth-order valence-corrected chi connectivity index (χ4v) is 2.00. The number of hydrogen-bond donors (Lipinski definition) is 6. The summed E-state index contributed by atoms with van der Waals surface area (Å²) < 4.78 is 0. The molecule has 0 heterocycles. The van der Waals surface area contributed by atoms with Gasteiger partial charge in [0.2, 0.25) is 17.7 Å². The zero-order chi connectivity index (χ0) is 18.7. The van der Waals surface area contributed by atoms with Crippen LogP contribution in [0.5, 0.6) is 0 Å². The second-order valence-electron chi connectivity index (χ2n) is 4.99. The maximum Gasteiger partial charge on any atom is 0.326 e. The Balaban J connectivity index is 4.54. The summed E-state index contributed by atoms with van der Waals surface area (Å²) >= 11 is 1.43. The number of aliphatic hydroxyl groups excluding tert-OH is 1. The molecule has 0 saturated carbocycles. The molecule has 0 aromatic heterocycles. The monoisotopic (exact) mass is 364 g/mol. The number of aliphatic carboxylic acids is 1. The van der Waals surface area contributed by atoms with Crippen LogP contribution in [0.4, 0.5) is 0 Å². The third-order valence-corrected chi connectivity index (χ3v) is 3.54. The highest BCUT2D eigenvalue weighted by molar-refractivity contribution is 7.98. The highest BCUT2D eigenvalue weighted by Gasteiger charge is 2.25. The average molecular weight is 364 g/mol. The van der Waals surface area contributed by atoms with E-state index in [0.29, 0.717) is 5.75 Å². The fourth-order valence-electron chi connectivity index (χ4n) is 1.53. The van der Waals surface area contributed by atoms with Crippen molar-refractivity contribution in [1.29, 1.82) is 0 Å². The summed E-state index contributed by atoms with van der Waals surface area (Å²) in [6.07, 6.45) is 2.01. The number of nitrogens with two attached hydrogens (primary N) is 1. The quantitative estimate of drug-likeness (QED) is 0.229. The molecule has 10 nitrogen and oxygen atoms in total. The smallest absolute Gasteiger partial charge is 0.326 e. The van der Waals surface area contributed by atoms with Crippen molar-refractivity contribution in [2.45, 2.75) is 31.5 Å². The number of rotatable bonds is 11. The first-order chi connectivity index (χ1) is 11.2. The van der Waals surface area contributed by atoms with Gasteiger partial charge in [0.1, 0.15) is 12.1 Å². The molecule has 0 aromatic carbocycles. The predicted molar refractivity (Wildman–Crippen MR) is 88.2 cm³/mol. The van der Waals surface area contributed by atoms with Crippen LogP contribution in [-0.4, -0.2) is 77.2 Å². The van der Waals surface area contributed by atoms with Crippen molar-refractivity contribution in [3.05, 3.63) is 0 Å². The van der Waals surface area contributed by atoms with Crippen molar-refractivity contribution in [2.24, 2.45) is 5.73 Å². The molecule has 3 amide bonds. The van der Waals surface area contributed by atoms with E-state index in [0.717, 1.165) is 0 Å². The summed E-state index contributed by atoms with van der Waals surface area (Å²) in [6.45, 7) is 0.310. The first-order valence-corrected chi connectivity index (χ1v) is 8.57. The lowest BCUT2D eigenvalue weighted by molar-refractivity contribution is -0.142. The molecule has 0 radical (unpaired) electrons. The standard InChI is InChI=1S/C13H24N4O6S/c1-7(14)11(20)15-5-10(19)16-9(6-18)12(21)17-8(13(22)23)3-4-24-2/h7-9,18H,3-6,14H2,1-2H3,(H,15,20)(H,16,19)(H,17,21)(H,22,23). The number of hydrogen-bond acceptors (Lipinski definition) is 7. The minimum absolute atomic E-state index is 0.207. The predicted octanol–water partition coefficient (Wildman–Crippen LogP) is -2.75. The molecule has 0 aliphatic carbocycles. The van der Waals surface area contributed by atoms with Crippen LogP contribution in [0.3, 0.4) is 0 Å². The second kappa shape index (κ2) is 11.6. The van der Waals surface area contributed by atoms with Crippen molar-refractivity contribution in [3.8, 4) is 0 Å². The van der Waals surface area contributed by atoms with Gasteiger partial charge in [0.25, 0.3) is 0 Å². The lowest BCUT2D eigenvalue weighted by Crippen LogP contribution is -2.55. The van der Waals surface area contributed by atoms with Crippen molar-refractivity contribution >= 4 is 35.5 Å². The van der Waals surface area contributed by atoms with Crippen molar-refractivity contribution in [2.75, 3.05) is 25.2 Å². The Kier molecular flexibility index (Phi) is 10.8. The van der Waals surface area contributed by atoms with Gasteiger partial charge in [-0.15, -0.1) is 0 Å². The Labute approximate surface area is 143 Å². The summed E-state index contributed by atoms with van der Waals surface area (Å²) in [5.41, 5.74) is 5.32. The van der Waals surface area contributed by atoms with E-state index in [4.69, 9.17) is 10.8 Å². The minimum atomic E-state index is -1.32. The van der Waals surface area contributed by atoms with Gasteiger partial charge in [-0.2, -0.15) is 11.8 Å². The van der Waals surface area contributed by atoms with E-state index in [1.54, 1.807) is 6.26 Å². The molecule has 0 saturated heterocycles. The van der Waals surface area contributed by atoms with Gasteiger partial charge in [-0.25, -0.2) is 4.79 Å². The lowest BCUT2D eigenvalue weighted by atomic mass is 10.2. The summed E-state index contributed by atoms with van der Waals surface area (Å²) in [6, 6.07) is -3.22. The Morgan fingerprint density at radius 3 is 2.21 bits per heavy atom. The SMILES string of the molecule is CSCCC(NC(=O)C(CO)NC(=O)CNC(=O)C(C)N)C(=O)O. The molecule has 0 spiro atoms. The number of aliphatic hydroxyl groups is 1. The number of thioether (sulfide) groups is 1.